The minimum Gasteiger partial charge on any atom is -0.496 e. The van der Waals surface area contributed by atoms with Gasteiger partial charge in [-0.1, -0.05) is 18.2 Å². The van der Waals surface area contributed by atoms with Gasteiger partial charge < -0.3 is 14.6 Å². The summed E-state index contributed by atoms with van der Waals surface area (Å²) in [6.07, 6.45) is 3.38. The maximum absolute atomic E-state index is 12.1. The van der Waals surface area contributed by atoms with Crippen LogP contribution in [0.3, 0.4) is 0 Å². The number of nitrogens with one attached hydrogen (secondary N) is 2. The molecular weight excluding hydrogens is 410 g/mol. The van der Waals surface area contributed by atoms with Gasteiger partial charge in [0.15, 0.2) is 0 Å². The minimum atomic E-state index is -3.83. The molecule has 0 aliphatic carbocycles. The van der Waals surface area contributed by atoms with E-state index in [1.54, 1.807) is 23.0 Å². The molecule has 11 heteroatoms. The van der Waals surface area contributed by atoms with Crippen molar-refractivity contribution in [1.82, 2.24) is 14.3 Å². The molecule has 0 bridgehead atoms. The average Bonchev–Trinajstić information content (AvgIpc) is 3.17. The third-order valence-corrected chi connectivity index (χ3v) is 6.02. The highest BCUT2D eigenvalue weighted by Gasteiger charge is 2.26. The summed E-state index contributed by atoms with van der Waals surface area (Å²) in [5.41, 5.74) is 0.491. The van der Waals surface area contributed by atoms with Crippen LogP contribution in [0.2, 0.25) is 0 Å². The van der Waals surface area contributed by atoms with Crippen molar-refractivity contribution in [2.75, 3.05) is 19.5 Å². The Hall–Kier alpha value is -3.44. The normalized spacial score (nSPS) is 12.4. The first-order chi connectivity index (χ1) is 14.3. The van der Waals surface area contributed by atoms with Crippen molar-refractivity contribution >= 4 is 21.4 Å². The van der Waals surface area contributed by atoms with Crippen LogP contribution >= 0.6 is 0 Å². The SMILES string of the molecule is CNS(=O)(=O)c1ccc(NC(c2ccccc2OC)c2nccn2C)c([N+](=O)[O-])c1. The number of aromatic nitrogens is 2. The Kier molecular flexibility index (Phi) is 6.04. The van der Waals surface area contributed by atoms with Crippen molar-refractivity contribution in [3.8, 4) is 5.75 Å². The number of anilines is 1. The summed E-state index contributed by atoms with van der Waals surface area (Å²) in [6.45, 7) is 0. The lowest BCUT2D eigenvalue weighted by molar-refractivity contribution is -0.384. The first-order valence-electron chi connectivity index (χ1n) is 8.87. The van der Waals surface area contributed by atoms with Gasteiger partial charge in [-0.3, -0.25) is 10.1 Å². The van der Waals surface area contributed by atoms with Gasteiger partial charge in [0.25, 0.3) is 5.69 Å². The van der Waals surface area contributed by atoms with E-state index < -0.39 is 21.0 Å². The topological polar surface area (TPSA) is 128 Å². The lowest BCUT2D eigenvalue weighted by Gasteiger charge is -2.22. The highest BCUT2D eigenvalue weighted by Crippen LogP contribution is 2.35. The lowest BCUT2D eigenvalue weighted by Crippen LogP contribution is -2.20. The van der Waals surface area contributed by atoms with E-state index in [1.807, 2.05) is 25.2 Å². The molecule has 0 aliphatic rings. The van der Waals surface area contributed by atoms with E-state index in [0.717, 1.165) is 11.6 Å². The first-order valence-corrected chi connectivity index (χ1v) is 10.4. The van der Waals surface area contributed by atoms with E-state index in [-0.39, 0.29) is 16.3 Å². The van der Waals surface area contributed by atoms with Gasteiger partial charge in [-0.2, -0.15) is 0 Å². The molecule has 10 nitrogen and oxygen atoms in total. The fourth-order valence-corrected chi connectivity index (χ4v) is 3.82. The van der Waals surface area contributed by atoms with Crippen LogP contribution in [0.4, 0.5) is 11.4 Å². The van der Waals surface area contributed by atoms with Crippen LogP contribution in [0.5, 0.6) is 5.75 Å². The van der Waals surface area contributed by atoms with Gasteiger partial charge in [-0.05, 0) is 25.2 Å². The zero-order valence-corrected chi connectivity index (χ0v) is 17.4. The highest BCUT2D eigenvalue weighted by atomic mass is 32.2. The molecule has 0 saturated carbocycles. The molecule has 0 radical (unpaired) electrons. The summed E-state index contributed by atoms with van der Waals surface area (Å²) in [7, 11) is 0.756. The van der Waals surface area contributed by atoms with Gasteiger partial charge in [-0.25, -0.2) is 18.1 Å². The first kappa shape index (κ1) is 21.3. The van der Waals surface area contributed by atoms with Gasteiger partial charge in [0, 0.05) is 31.1 Å². The Bertz CT molecular complexity index is 1180. The molecule has 0 saturated heterocycles. The Morgan fingerprint density at radius 1 is 1.23 bits per heavy atom. The Morgan fingerprint density at radius 2 is 1.97 bits per heavy atom. The molecule has 1 aromatic heterocycles. The minimum absolute atomic E-state index is 0.147. The van der Waals surface area contributed by atoms with Crippen molar-refractivity contribution in [3.63, 3.8) is 0 Å². The van der Waals surface area contributed by atoms with Crippen LogP contribution in [0.25, 0.3) is 0 Å². The number of methoxy groups -OCH3 is 1. The Morgan fingerprint density at radius 3 is 2.57 bits per heavy atom. The zero-order chi connectivity index (χ0) is 21.9. The van der Waals surface area contributed by atoms with Crippen molar-refractivity contribution < 1.29 is 18.1 Å². The van der Waals surface area contributed by atoms with Crippen LogP contribution < -0.4 is 14.8 Å². The Balaban J connectivity index is 2.14. The van der Waals surface area contributed by atoms with E-state index in [0.29, 0.717) is 11.6 Å². The molecule has 2 N–H and O–H groups in total. The van der Waals surface area contributed by atoms with E-state index in [4.69, 9.17) is 4.74 Å². The molecular formula is C19H21N5O5S. The highest BCUT2D eigenvalue weighted by molar-refractivity contribution is 7.89. The molecule has 0 fully saturated rings. The van der Waals surface area contributed by atoms with Crippen molar-refractivity contribution in [1.29, 1.82) is 0 Å². The van der Waals surface area contributed by atoms with Gasteiger partial charge in [0.05, 0.1) is 16.9 Å². The molecule has 3 aromatic rings. The second kappa shape index (κ2) is 8.51. The second-order valence-corrected chi connectivity index (χ2v) is 8.25. The number of nitro benzene ring substituents is 1. The number of nitro groups is 1. The molecule has 1 unspecified atom stereocenters. The molecule has 0 spiro atoms. The predicted molar refractivity (Wildman–Crippen MR) is 111 cm³/mol. The number of imidazole rings is 1. The van der Waals surface area contributed by atoms with Crippen molar-refractivity contribution in [2.24, 2.45) is 7.05 Å². The smallest absolute Gasteiger partial charge is 0.293 e. The van der Waals surface area contributed by atoms with Crippen LogP contribution in [-0.2, 0) is 17.1 Å². The average molecular weight is 431 g/mol. The second-order valence-electron chi connectivity index (χ2n) is 6.36. The van der Waals surface area contributed by atoms with Gasteiger partial charge >= 0.3 is 0 Å². The molecule has 0 aliphatic heterocycles. The summed E-state index contributed by atoms with van der Waals surface area (Å²) < 4.78 is 33.5. The monoisotopic (exact) mass is 431 g/mol. The van der Waals surface area contributed by atoms with Crippen LogP contribution in [0, 0.1) is 10.1 Å². The third kappa shape index (κ3) is 4.11. The van der Waals surface area contributed by atoms with E-state index in [9.17, 15) is 18.5 Å². The molecule has 3 rings (SSSR count). The van der Waals surface area contributed by atoms with E-state index in [1.165, 1.54) is 26.3 Å². The third-order valence-electron chi connectivity index (χ3n) is 4.61. The maximum Gasteiger partial charge on any atom is 0.293 e. The molecule has 0 amide bonds. The number of sulfonamides is 1. The summed E-state index contributed by atoms with van der Waals surface area (Å²) >= 11 is 0. The number of hydrogen-bond acceptors (Lipinski definition) is 7. The van der Waals surface area contributed by atoms with E-state index in [2.05, 4.69) is 15.0 Å². The van der Waals surface area contributed by atoms with Gasteiger partial charge in [0.1, 0.15) is 23.3 Å². The number of nitrogens with zero attached hydrogens (tertiary/aromatic N) is 3. The number of benzene rings is 2. The number of para-hydroxylation sites is 1. The maximum atomic E-state index is 12.1. The van der Waals surface area contributed by atoms with Crippen molar-refractivity contribution in [2.45, 2.75) is 10.9 Å². The fraction of sp³-hybridized carbons (Fsp3) is 0.211. The fourth-order valence-electron chi connectivity index (χ4n) is 3.07. The van der Waals surface area contributed by atoms with Gasteiger partial charge in [0.2, 0.25) is 10.0 Å². The summed E-state index contributed by atoms with van der Waals surface area (Å²) in [4.78, 5) is 15.2. The molecule has 2 aromatic carbocycles. The summed E-state index contributed by atoms with van der Waals surface area (Å²) in [6, 6.07) is 10.4. The number of ether oxygens (including phenoxy) is 1. The number of aryl methyl sites for hydroxylation is 1. The lowest BCUT2D eigenvalue weighted by atomic mass is 10.0. The van der Waals surface area contributed by atoms with Crippen LogP contribution in [-0.4, -0.2) is 37.0 Å². The molecule has 158 valence electrons. The van der Waals surface area contributed by atoms with Gasteiger partial charge in [-0.15, -0.1) is 0 Å². The largest absolute Gasteiger partial charge is 0.496 e. The van der Waals surface area contributed by atoms with E-state index >= 15 is 0 Å². The number of rotatable bonds is 8. The van der Waals surface area contributed by atoms with Crippen molar-refractivity contribution in [3.05, 3.63) is 76.4 Å². The molecule has 1 atom stereocenters. The predicted octanol–water partition coefficient (Wildman–Crippen LogP) is 2.45. The Labute approximate surface area is 173 Å². The molecule has 1 heterocycles. The quantitative estimate of drug-likeness (QED) is 0.414. The summed E-state index contributed by atoms with van der Waals surface area (Å²) in [5.74, 6) is 1.18. The summed E-state index contributed by atoms with van der Waals surface area (Å²) in [5, 5.41) is 14.8. The zero-order valence-electron chi connectivity index (χ0n) is 16.6. The van der Waals surface area contributed by atoms with Crippen LogP contribution in [0.15, 0.2) is 59.8 Å². The molecule has 30 heavy (non-hydrogen) atoms. The standard InChI is InChI=1S/C19H21N5O5S/c1-20-30(27,28)13-8-9-15(16(12-13)24(25)26)22-18(19-21-10-11-23(19)2)14-6-4-5-7-17(14)29-3/h4-12,18,20,22H,1-3H3. The number of hydrogen-bond donors (Lipinski definition) is 2. The van der Waals surface area contributed by atoms with Crippen LogP contribution in [0.1, 0.15) is 17.4 Å².